The first-order chi connectivity index (χ1) is 11.5. The third-order valence-electron chi connectivity index (χ3n) is 3.75. The minimum atomic E-state index is -3.75. The van der Waals surface area contributed by atoms with Crippen molar-refractivity contribution in [2.45, 2.75) is 17.7 Å². The summed E-state index contributed by atoms with van der Waals surface area (Å²) in [5.41, 5.74) is 0.883. The minimum Gasteiger partial charge on any atom is -0.472 e. The van der Waals surface area contributed by atoms with E-state index < -0.39 is 10.0 Å². The van der Waals surface area contributed by atoms with Crippen LogP contribution in [0.3, 0.4) is 0 Å². The Morgan fingerprint density at radius 3 is 2.58 bits per heavy atom. The van der Waals surface area contributed by atoms with E-state index in [1.807, 2.05) is 11.9 Å². The highest BCUT2D eigenvalue weighted by Gasteiger charge is 2.20. The molecule has 1 saturated heterocycles. The minimum absolute atomic E-state index is 0.0941. The number of nitrogens with zero attached hydrogens (tertiary/aromatic N) is 2. The van der Waals surface area contributed by atoms with Crippen LogP contribution in [0.2, 0.25) is 0 Å². The maximum Gasteiger partial charge on any atom is 0.283 e. The second-order valence-corrected chi connectivity index (χ2v) is 7.10. The van der Waals surface area contributed by atoms with Crippen molar-refractivity contribution in [1.29, 1.82) is 0 Å². The van der Waals surface area contributed by atoms with Gasteiger partial charge in [-0.25, -0.2) is 0 Å². The number of carbonyl (C=O) groups is 1. The molecule has 1 aliphatic heterocycles. The zero-order chi connectivity index (χ0) is 17.2. The van der Waals surface area contributed by atoms with E-state index in [2.05, 4.69) is 9.71 Å². The molecule has 1 aromatic carbocycles. The Morgan fingerprint density at radius 1 is 1.25 bits per heavy atom. The molecule has 2 heterocycles. The molecule has 1 fully saturated rings. The molecule has 126 valence electrons. The number of amidine groups is 1. The molecule has 0 bridgehead atoms. The highest BCUT2D eigenvalue weighted by atomic mass is 32.2. The number of sulfonamides is 1. The number of likely N-dealkylation sites (tertiary alicyclic amines) is 1. The number of hydrogen-bond acceptors (Lipinski definition) is 4. The SMILES string of the molecule is CN1CCCC1=NS(=O)(=O)c1ccc(NC(=O)c2ccoc2)cc1. The molecule has 24 heavy (non-hydrogen) atoms. The summed E-state index contributed by atoms with van der Waals surface area (Å²) in [7, 11) is -1.92. The summed E-state index contributed by atoms with van der Waals surface area (Å²) in [4.78, 5) is 13.8. The van der Waals surface area contributed by atoms with Gasteiger partial charge in [-0.15, -0.1) is 4.40 Å². The average molecular weight is 347 g/mol. The molecule has 0 atom stereocenters. The maximum atomic E-state index is 12.3. The molecule has 1 aromatic heterocycles. The number of anilines is 1. The van der Waals surface area contributed by atoms with E-state index in [1.54, 1.807) is 6.07 Å². The van der Waals surface area contributed by atoms with Gasteiger partial charge in [0.2, 0.25) is 0 Å². The Hall–Kier alpha value is -2.61. The van der Waals surface area contributed by atoms with Crippen molar-refractivity contribution in [2.75, 3.05) is 18.9 Å². The molecule has 7 nitrogen and oxygen atoms in total. The number of carbonyl (C=O) groups excluding carboxylic acids is 1. The quantitative estimate of drug-likeness (QED) is 0.916. The normalized spacial score (nSPS) is 16.5. The summed E-state index contributed by atoms with van der Waals surface area (Å²) in [6.07, 6.45) is 4.31. The molecule has 2 aromatic rings. The van der Waals surface area contributed by atoms with Gasteiger partial charge in [0.05, 0.1) is 16.7 Å². The van der Waals surface area contributed by atoms with Crippen LogP contribution in [0.4, 0.5) is 5.69 Å². The second-order valence-electron chi connectivity index (χ2n) is 5.50. The maximum absolute atomic E-state index is 12.3. The zero-order valence-electron chi connectivity index (χ0n) is 13.1. The first kappa shape index (κ1) is 16.3. The Balaban J connectivity index is 1.75. The number of rotatable bonds is 4. The Kier molecular flexibility index (Phi) is 4.39. The monoisotopic (exact) mass is 347 g/mol. The number of hydrogen-bond donors (Lipinski definition) is 1. The smallest absolute Gasteiger partial charge is 0.283 e. The third kappa shape index (κ3) is 3.48. The molecule has 1 N–H and O–H groups in total. The van der Waals surface area contributed by atoms with Gasteiger partial charge in [0.25, 0.3) is 15.9 Å². The van der Waals surface area contributed by atoms with E-state index in [4.69, 9.17) is 4.42 Å². The molecule has 0 unspecified atom stereocenters. The molecular weight excluding hydrogens is 330 g/mol. The lowest BCUT2D eigenvalue weighted by molar-refractivity contribution is 0.102. The van der Waals surface area contributed by atoms with Gasteiger partial charge in [-0.3, -0.25) is 4.79 Å². The van der Waals surface area contributed by atoms with Gasteiger partial charge in [-0.1, -0.05) is 0 Å². The van der Waals surface area contributed by atoms with Crippen molar-refractivity contribution in [3.63, 3.8) is 0 Å². The highest BCUT2D eigenvalue weighted by Crippen LogP contribution is 2.19. The van der Waals surface area contributed by atoms with Crippen molar-refractivity contribution >= 4 is 27.5 Å². The van der Waals surface area contributed by atoms with Gasteiger partial charge in [0.1, 0.15) is 12.1 Å². The molecular formula is C16H17N3O4S. The fourth-order valence-electron chi connectivity index (χ4n) is 2.41. The molecule has 0 saturated carbocycles. The Labute approximate surface area is 140 Å². The van der Waals surface area contributed by atoms with Crippen LogP contribution in [0.5, 0.6) is 0 Å². The molecule has 0 spiro atoms. The van der Waals surface area contributed by atoms with Crippen molar-refractivity contribution in [2.24, 2.45) is 4.40 Å². The summed E-state index contributed by atoms with van der Waals surface area (Å²) < 4.78 is 33.4. The number of amides is 1. The lowest BCUT2D eigenvalue weighted by atomic mass is 10.3. The molecule has 0 aliphatic carbocycles. The van der Waals surface area contributed by atoms with Crippen LogP contribution in [0.25, 0.3) is 0 Å². The van der Waals surface area contributed by atoms with Gasteiger partial charge in [-0.2, -0.15) is 8.42 Å². The van der Waals surface area contributed by atoms with Crippen LogP contribution < -0.4 is 5.32 Å². The molecule has 0 radical (unpaired) electrons. The van der Waals surface area contributed by atoms with Crippen LogP contribution >= 0.6 is 0 Å². The average Bonchev–Trinajstić information content (AvgIpc) is 3.20. The third-order valence-corrected chi connectivity index (χ3v) is 5.07. The predicted molar refractivity (Wildman–Crippen MR) is 89.6 cm³/mol. The molecule has 1 aliphatic rings. The molecule has 1 amide bonds. The Bertz CT molecular complexity index is 855. The lowest BCUT2D eigenvalue weighted by Crippen LogP contribution is -2.20. The summed E-state index contributed by atoms with van der Waals surface area (Å²) in [5, 5.41) is 2.67. The standard InChI is InChI=1S/C16H17N3O4S/c1-19-9-2-3-15(19)18-24(21,22)14-6-4-13(5-7-14)17-16(20)12-8-10-23-11-12/h4-8,10-11H,2-3,9H2,1H3,(H,17,20). The lowest BCUT2D eigenvalue weighted by Gasteiger charge is -2.11. The first-order valence-corrected chi connectivity index (χ1v) is 8.88. The van der Waals surface area contributed by atoms with Gasteiger partial charge in [0, 0.05) is 25.7 Å². The van der Waals surface area contributed by atoms with Crippen molar-refractivity contribution in [3.05, 3.63) is 48.4 Å². The van der Waals surface area contributed by atoms with E-state index in [1.165, 1.54) is 36.8 Å². The van der Waals surface area contributed by atoms with Crippen LogP contribution in [-0.4, -0.2) is 38.7 Å². The summed E-state index contributed by atoms with van der Waals surface area (Å²) in [6.45, 7) is 0.813. The fourth-order valence-corrected chi connectivity index (χ4v) is 3.50. The van der Waals surface area contributed by atoms with Gasteiger partial charge in [0.15, 0.2) is 0 Å². The number of furan rings is 1. The van der Waals surface area contributed by atoms with Crippen LogP contribution in [0.1, 0.15) is 23.2 Å². The predicted octanol–water partition coefficient (Wildman–Crippen LogP) is 2.34. The highest BCUT2D eigenvalue weighted by molar-refractivity contribution is 7.90. The van der Waals surface area contributed by atoms with Crippen molar-refractivity contribution in [3.8, 4) is 0 Å². The Morgan fingerprint density at radius 2 is 2.00 bits per heavy atom. The van der Waals surface area contributed by atoms with E-state index in [9.17, 15) is 13.2 Å². The van der Waals surface area contributed by atoms with Crippen molar-refractivity contribution in [1.82, 2.24) is 4.90 Å². The topological polar surface area (TPSA) is 92.0 Å². The molecule has 3 rings (SSSR count). The molecule has 8 heteroatoms. The van der Waals surface area contributed by atoms with E-state index in [-0.39, 0.29) is 10.8 Å². The summed E-state index contributed by atoms with van der Waals surface area (Å²) in [6, 6.07) is 7.47. The zero-order valence-corrected chi connectivity index (χ0v) is 13.9. The first-order valence-electron chi connectivity index (χ1n) is 7.44. The van der Waals surface area contributed by atoms with Gasteiger partial charge in [-0.05, 0) is 36.8 Å². The van der Waals surface area contributed by atoms with Crippen molar-refractivity contribution < 1.29 is 17.6 Å². The van der Waals surface area contributed by atoms with Gasteiger partial charge >= 0.3 is 0 Å². The number of benzene rings is 1. The van der Waals surface area contributed by atoms with E-state index in [0.29, 0.717) is 23.5 Å². The van der Waals surface area contributed by atoms with E-state index in [0.717, 1.165) is 13.0 Å². The summed E-state index contributed by atoms with van der Waals surface area (Å²) >= 11 is 0. The van der Waals surface area contributed by atoms with Gasteiger partial charge < -0.3 is 14.6 Å². The largest absolute Gasteiger partial charge is 0.472 e. The summed E-state index contributed by atoms with van der Waals surface area (Å²) in [5.74, 6) is 0.250. The second kappa shape index (κ2) is 6.48. The van der Waals surface area contributed by atoms with E-state index >= 15 is 0 Å². The number of nitrogens with one attached hydrogen (secondary N) is 1. The van der Waals surface area contributed by atoms with Crippen LogP contribution in [0, 0.1) is 0 Å². The van der Waals surface area contributed by atoms with Crippen LogP contribution in [0.15, 0.2) is 56.6 Å². The fraction of sp³-hybridized carbons (Fsp3) is 0.250. The van der Waals surface area contributed by atoms with Crippen LogP contribution in [-0.2, 0) is 10.0 Å².